The molecule has 0 heterocycles. The number of hydrogen-bond donors (Lipinski definition) is 0. The Morgan fingerprint density at radius 2 is 1.27 bits per heavy atom. The van der Waals surface area contributed by atoms with Crippen molar-refractivity contribution < 1.29 is 0 Å². The summed E-state index contributed by atoms with van der Waals surface area (Å²) in [6, 6.07) is 4.96. The number of unbranched alkanes of at least 4 members (excludes halogenated alkanes) is 1. The fourth-order valence-electron chi connectivity index (χ4n) is 2.97. The Morgan fingerprint density at radius 3 is 1.62 bits per heavy atom. The largest absolute Gasteiger partial charge is 0.165 e. The van der Waals surface area contributed by atoms with Gasteiger partial charge in [0.1, 0.15) is 8.20 Å². The van der Waals surface area contributed by atoms with Crippen molar-refractivity contribution in [2.24, 2.45) is 0 Å². The van der Waals surface area contributed by atoms with Crippen molar-refractivity contribution in [2.45, 2.75) is 97.8 Å². The van der Waals surface area contributed by atoms with Crippen molar-refractivity contribution >= 4 is 49.6 Å². The van der Waals surface area contributed by atoms with Crippen LogP contribution in [-0.4, -0.2) is 9.53 Å². The Kier molecular flexibility index (Phi) is 8.66. The molecule has 0 fully saturated rings. The smallest absolute Gasteiger partial charge is 0.0928 e. The van der Waals surface area contributed by atoms with Crippen molar-refractivity contribution in [3.05, 3.63) is 28.8 Å². The zero-order valence-corrected chi connectivity index (χ0v) is 22.4. The molecule has 1 rings (SSSR count). The highest BCUT2D eigenvalue weighted by Crippen LogP contribution is 2.36. The highest BCUT2D eigenvalue weighted by atomic mass is 79.9. The number of alkyl halides is 1. The lowest BCUT2D eigenvalue weighted by molar-refractivity contribution is 0.554. The molecule has 0 saturated carbocycles. The topological polar surface area (TPSA) is 0 Å². The van der Waals surface area contributed by atoms with Crippen LogP contribution < -0.4 is 5.30 Å². The predicted octanol–water partition coefficient (Wildman–Crippen LogP) is 7.97. The van der Waals surface area contributed by atoms with E-state index >= 15 is 0 Å². The first kappa shape index (κ1) is 24.4. The maximum atomic E-state index is 3.92. The van der Waals surface area contributed by atoms with E-state index in [4.69, 9.17) is 0 Å². The molecule has 1 aromatic carbocycles. The molecule has 0 saturated heterocycles. The number of rotatable bonds is 5. The molecule has 0 aliphatic heterocycles. The minimum absolute atomic E-state index is 0.146. The Hall–Kier alpha value is 0.350. The van der Waals surface area contributed by atoms with Crippen molar-refractivity contribution in [2.75, 3.05) is 5.33 Å². The monoisotopic (exact) mass is 503 g/mol. The third-order valence-electron chi connectivity index (χ3n) is 4.66. The summed E-state index contributed by atoms with van der Waals surface area (Å²) in [5, 5.41) is 2.65. The van der Waals surface area contributed by atoms with Gasteiger partial charge in [-0.25, -0.2) is 0 Å². The molecule has 0 aliphatic carbocycles. The summed E-state index contributed by atoms with van der Waals surface area (Å²) >= 11 is 7.46. The lowest BCUT2D eigenvalue weighted by Gasteiger charge is -2.30. The quantitative estimate of drug-likeness (QED) is 0.216. The summed E-state index contributed by atoms with van der Waals surface area (Å²) in [7, 11) is 0.732. The SMILES string of the molecule is CC(C)(C)c1cc(C(C)(C)C)c([PH+]=C(Br)CCCCBr)c(C(C)(C)C)c1. The average Bonchev–Trinajstić information content (AvgIpc) is 2.44. The Morgan fingerprint density at radius 1 is 0.808 bits per heavy atom. The van der Waals surface area contributed by atoms with Gasteiger partial charge in [-0.05, 0) is 50.6 Å². The zero-order chi connectivity index (χ0) is 20.3. The highest BCUT2D eigenvalue weighted by Gasteiger charge is 2.32. The van der Waals surface area contributed by atoms with E-state index in [9.17, 15) is 0 Å². The van der Waals surface area contributed by atoms with Crippen molar-refractivity contribution in [3.8, 4) is 0 Å². The van der Waals surface area contributed by atoms with Gasteiger partial charge in [0.05, 0.1) is 0 Å². The zero-order valence-electron chi connectivity index (χ0n) is 18.2. The van der Waals surface area contributed by atoms with Crippen LogP contribution in [0.1, 0.15) is 98.3 Å². The molecule has 0 aliphatic rings. The first-order valence-corrected chi connectivity index (χ1v) is 12.6. The van der Waals surface area contributed by atoms with Gasteiger partial charge >= 0.3 is 0 Å². The van der Waals surface area contributed by atoms with Crippen molar-refractivity contribution in [1.82, 2.24) is 0 Å². The van der Waals surface area contributed by atoms with E-state index in [1.54, 1.807) is 5.30 Å². The molecule has 1 atom stereocenters. The maximum Gasteiger partial charge on any atom is 0.165 e. The summed E-state index contributed by atoms with van der Waals surface area (Å²) in [5.74, 6) is 0. The standard InChI is InChI=1S/C23H37Br2P/c1-21(2,3)16-14-17(22(4,5)6)20(18(15-16)23(7,8)9)26-19(25)12-10-11-13-24/h14-15H,10-13H2,1-9H3/p+1. The van der Waals surface area contributed by atoms with Gasteiger partial charge in [-0.2, -0.15) is 0 Å². The Balaban J connectivity index is 3.66. The van der Waals surface area contributed by atoms with Crippen molar-refractivity contribution in [1.29, 1.82) is 0 Å². The summed E-state index contributed by atoms with van der Waals surface area (Å²) in [4.78, 5) is 0. The van der Waals surface area contributed by atoms with Crippen LogP contribution in [0, 0.1) is 0 Å². The number of halogens is 2. The molecule has 0 bridgehead atoms. The maximum absolute atomic E-state index is 3.92. The lowest BCUT2D eigenvalue weighted by Crippen LogP contribution is -2.30. The average molecular weight is 505 g/mol. The molecule has 0 amide bonds. The van der Waals surface area contributed by atoms with Crippen LogP contribution >= 0.6 is 40.1 Å². The molecule has 3 heteroatoms. The minimum atomic E-state index is 0.146. The molecule has 26 heavy (non-hydrogen) atoms. The van der Waals surface area contributed by atoms with Gasteiger partial charge in [-0.1, -0.05) is 90.4 Å². The van der Waals surface area contributed by atoms with Crippen LogP contribution in [-0.2, 0) is 16.2 Å². The van der Waals surface area contributed by atoms with E-state index in [2.05, 4.69) is 106 Å². The van der Waals surface area contributed by atoms with E-state index in [-0.39, 0.29) is 16.2 Å². The molecule has 0 N–H and O–H groups in total. The molecule has 148 valence electrons. The minimum Gasteiger partial charge on any atom is -0.0928 e. The number of hydrogen-bond acceptors (Lipinski definition) is 0. The Bertz CT molecular complexity index is 603. The van der Waals surface area contributed by atoms with Crippen LogP contribution in [0.4, 0.5) is 0 Å². The van der Waals surface area contributed by atoms with Gasteiger partial charge in [0.25, 0.3) is 0 Å². The fraction of sp³-hybridized carbons (Fsp3) is 0.696. The van der Waals surface area contributed by atoms with Gasteiger partial charge < -0.3 is 0 Å². The molecule has 0 nitrogen and oxygen atoms in total. The highest BCUT2D eigenvalue weighted by molar-refractivity contribution is 9.19. The molecule has 1 unspecified atom stereocenters. The summed E-state index contributed by atoms with van der Waals surface area (Å²) in [6.07, 6.45) is 3.65. The second-order valence-electron chi connectivity index (χ2n) is 10.4. The van der Waals surface area contributed by atoms with Crippen LogP contribution in [0.5, 0.6) is 0 Å². The summed E-state index contributed by atoms with van der Waals surface area (Å²) < 4.78 is 1.46. The van der Waals surface area contributed by atoms with Crippen LogP contribution in [0.2, 0.25) is 0 Å². The van der Waals surface area contributed by atoms with E-state index in [0.717, 1.165) is 20.0 Å². The van der Waals surface area contributed by atoms with Gasteiger partial charge in [0, 0.05) is 22.9 Å². The van der Waals surface area contributed by atoms with Gasteiger partial charge in [0.15, 0.2) is 9.51 Å². The number of benzene rings is 1. The molecule has 0 aromatic heterocycles. The molecule has 0 spiro atoms. The van der Waals surface area contributed by atoms with E-state index in [1.165, 1.54) is 33.7 Å². The van der Waals surface area contributed by atoms with E-state index < -0.39 is 0 Å². The van der Waals surface area contributed by atoms with Crippen molar-refractivity contribution in [3.63, 3.8) is 0 Å². The normalized spacial score (nSPS) is 14.0. The Labute approximate surface area is 181 Å². The molecular formula is C23H38Br2P+. The second kappa shape index (κ2) is 9.23. The molecule has 0 radical (unpaired) electrons. The van der Waals surface area contributed by atoms with Crippen LogP contribution in [0.25, 0.3) is 0 Å². The van der Waals surface area contributed by atoms with Crippen LogP contribution in [0.15, 0.2) is 12.1 Å². The molecular weight excluding hydrogens is 467 g/mol. The van der Waals surface area contributed by atoms with Gasteiger partial charge in [-0.15, -0.1) is 0 Å². The second-order valence-corrected chi connectivity index (χ2v) is 14.2. The molecule has 1 aromatic rings. The first-order valence-electron chi connectivity index (χ1n) is 9.71. The predicted molar refractivity (Wildman–Crippen MR) is 132 cm³/mol. The third kappa shape index (κ3) is 7.06. The van der Waals surface area contributed by atoms with Crippen LogP contribution in [0.3, 0.4) is 0 Å². The summed E-state index contributed by atoms with van der Waals surface area (Å²) in [5.41, 5.74) is 4.95. The fourth-order valence-corrected chi connectivity index (χ4v) is 5.97. The van der Waals surface area contributed by atoms with E-state index in [1.807, 2.05) is 0 Å². The van der Waals surface area contributed by atoms with E-state index in [0.29, 0.717) is 0 Å². The lowest BCUT2D eigenvalue weighted by atomic mass is 9.75. The third-order valence-corrected chi connectivity index (χ3v) is 7.52. The van der Waals surface area contributed by atoms with Gasteiger partial charge in [0.2, 0.25) is 0 Å². The summed E-state index contributed by atoms with van der Waals surface area (Å²) in [6.45, 7) is 21.1. The van der Waals surface area contributed by atoms with Gasteiger partial charge in [-0.3, -0.25) is 0 Å². The first-order chi connectivity index (χ1) is 11.7.